The molecule has 0 bridgehead atoms. The van der Waals surface area contributed by atoms with E-state index in [2.05, 4.69) is 0 Å². The summed E-state index contributed by atoms with van der Waals surface area (Å²) in [5, 5.41) is 0. The smallest absolute Gasteiger partial charge is 0.319 e. The molecule has 3 nitrogen and oxygen atoms in total. The molecular weight excluding hydrogens is 276 g/mol. The molecule has 22 heavy (non-hydrogen) atoms. The number of esters is 1. The summed E-state index contributed by atoms with van der Waals surface area (Å²) in [5.41, 5.74) is -0.0593. The van der Waals surface area contributed by atoms with E-state index < -0.39 is 5.41 Å². The van der Waals surface area contributed by atoms with Crippen molar-refractivity contribution in [3.8, 4) is 0 Å². The molecule has 120 valence electrons. The lowest BCUT2D eigenvalue weighted by Gasteiger charge is -2.31. The summed E-state index contributed by atoms with van der Waals surface area (Å²) >= 11 is 0. The zero-order valence-electron chi connectivity index (χ0n) is 13.6. The fraction of sp³-hybridized carbons (Fsp3) is 0.579. The van der Waals surface area contributed by atoms with Gasteiger partial charge in [0, 0.05) is 0 Å². The van der Waals surface area contributed by atoms with E-state index in [1.165, 1.54) is 26.2 Å². The number of carbonyl (C=O) groups excluding carboxylic acids is 2. The van der Waals surface area contributed by atoms with Gasteiger partial charge in [0.05, 0.1) is 0 Å². The summed E-state index contributed by atoms with van der Waals surface area (Å²) in [6.45, 7) is 3.48. The molecule has 0 N–H and O–H groups in total. The van der Waals surface area contributed by atoms with Crippen molar-refractivity contribution < 1.29 is 14.3 Å². The van der Waals surface area contributed by atoms with Gasteiger partial charge in [0.15, 0.2) is 0 Å². The molecule has 1 aromatic rings. The Kier molecular flexibility index (Phi) is 5.76. The zero-order valence-corrected chi connectivity index (χ0v) is 13.6. The lowest BCUT2D eigenvalue weighted by atomic mass is 9.73. The summed E-state index contributed by atoms with van der Waals surface area (Å²) in [4.78, 5) is 24.6. The van der Waals surface area contributed by atoms with Crippen LogP contribution in [-0.2, 0) is 20.9 Å². The number of hydrogen-bond acceptors (Lipinski definition) is 3. The van der Waals surface area contributed by atoms with Gasteiger partial charge in [-0.15, -0.1) is 0 Å². The van der Waals surface area contributed by atoms with Crippen molar-refractivity contribution in [2.75, 3.05) is 0 Å². The molecule has 0 aromatic heterocycles. The molecule has 0 saturated heterocycles. The third-order valence-electron chi connectivity index (χ3n) is 4.86. The standard InChI is InChI=1S/C19H26O3/c1-15(20)19(2,13-16-9-5-3-6-10-16)18(21)22-14-17-11-7-4-8-12-17/h4,7-8,11-12,16H,3,5-6,9-10,13-14H2,1-2H3. The SMILES string of the molecule is CC(=O)C(C)(CC1CCCCC1)C(=O)OCc1ccccc1. The van der Waals surface area contributed by atoms with Crippen LogP contribution in [0.3, 0.4) is 0 Å². The van der Waals surface area contributed by atoms with Crippen molar-refractivity contribution >= 4 is 11.8 Å². The second-order valence-corrected chi connectivity index (χ2v) is 6.66. The predicted octanol–water partition coefficient (Wildman–Crippen LogP) is 4.30. The van der Waals surface area contributed by atoms with Gasteiger partial charge >= 0.3 is 5.97 Å². The summed E-state index contributed by atoms with van der Waals surface area (Å²) in [6.07, 6.45) is 6.54. The van der Waals surface area contributed by atoms with E-state index in [1.807, 2.05) is 30.3 Å². The Labute approximate surface area is 133 Å². The van der Waals surface area contributed by atoms with Crippen LogP contribution < -0.4 is 0 Å². The van der Waals surface area contributed by atoms with Crippen molar-refractivity contribution in [1.82, 2.24) is 0 Å². The van der Waals surface area contributed by atoms with Crippen LogP contribution in [-0.4, -0.2) is 11.8 Å². The fourth-order valence-electron chi connectivity index (χ4n) is 3.22. The summed E-state index contributed by atoms with van der Waals surface area (Å²) in [6, 6.07) is 9.58. The highest BCUT2D eigenvalue weighted by atomic mass is 16.5. The Morgan fingerprint density at radius 3 is 2.36 bits per heavy atom. The average molecular weight is 302 g/mol. The number of ether oxygens (including phenoxy) is 1. The largest absolute Gasteiger partial charge is 0.460 e. The number of carbonyl (C=O) groups is 2. The topological polar surface area (TPSA) is 43.4 Å². The second-order valence-electron chi connectivity index (χ2n) is 6.66. The van der Waals surface area contributed by atoms with E-state index in [9.17, 15) is 9.59 Å². The predicted molar refractivity (Wildman–Crippen MR) is 86.2 cm³/mol. The van der Waals surface area contributed by atoms with Gasteiger partial charge in [0.25, 0.3) is 0 Å². The number of Topliss-reactive ketones (excluding diaryl/α,β-unsaturated/α-hetero) is 1. The first-order valence-corrected chi connectivity index (χ1v) is 8.24. The first-order chi connectivity index (χ1) is 10.5. The van der Waals surface area contributed by atoms with Gasteiger partial charge in [-0.05, 0) is 31.7 Å². The normalized spacial score (nSPS) is 18.5. The Hall–Kier alpha value is -1.64. The maximum absolute atomic E-state index is 12.5. The van der Waals surface area contributed by atoms with Crippen LogP contribution in [0.1, 0.15) is 57.9 Å². The van der Waals surface area contributed by atoms with Crippen molar-refractivity contribution in [3.63, 3.8) is 0 Å². The third kappa shape index (κ3) is 4.19. The van der Waals surface area contributed by atoms with E-state index in [1.54, 1.807) is 6.92 Å². The average Bonchev–Trinajstić information content (AvgIpc) is 2.54. The summed E-state index contributed by atoms with van der Waals surface area (Å²) in [7, 11) is 0. The number of ketones is 1. The van der Waals surface area contributed by atoms with Crippen molar-refractivity contribution in [1.29, 1.82) is 0 Å². The molecule has 0 spiro atoms. The molecule has 1 aliphatic rings. The van der Waals surface area contributed by atoms with E-state index in [4.69, 9.17) is 4.74 Å². The van der Waals surface area contributed by atoms with Gasteiger partial charge in [-0.3, -0.25) is 9.59 Å². The maximum Gasteiger partial charge on any atom is 0.319 e. The number of hydrogen-bond donors (Lipinski definition) is 0. The molecule has 1 saturated carbocycles. The van der Waals surface area contributed by atoms with Gasteiger partial charge < -0.3 is 4.74 Å². The third-order valence-corrected chi connectivity index (χ3v) is 4.86. The van der Waals surface area contributed by atoms with E-state index >= 15 is 0 Å². The first-order valence-electron chi connectivity index (χ1n) is 8.24. The molecule has 1 aliphatic carbocycles. The highest BCUT2D eigenvalue weighted by Gasteiger charge is 2.41. The number of rotatable bonds is 6. The van der Waals surface area contributed by atoms with Gasteiger partial charge in [0.1, 0.15) is 17.8 Å². The lowest BCUT2D eigenvalue weighted by molar-refractivity contribution is -0.161. The van der Waals surface area contributed by atoms with Crippen LogP contribution in [0.4, 0.5) is 0 Å². The van der Waals surface area contributed by atoms with Gasteiger partial charge in [-0.25, -0.2) is 0 Å². The Morgan fingerprint density at radius 2 is 1.77 bits per heavy atom. The lowest BCUT2D eigenvalue weighted by Crippen LogP contribution is -2.38. The Balaban J connectivity index is 1.99. The van der Waals surface area contributed by atoms with Crippen LogP contribution in [0.25, 0.3) is 0 Å². The quantitative estimate of drug-likeness (QED) is 0.581. The molecule has 3 heteroatoms. The summed E-state index contributed by atoms with van der Waals surface area (Å²) < 4.78 is 5.44. The Bertz CT molecular complexity index is 503. The number of benzene rings is 1. The highest BCUT2D eigenvalue weighted by molar-refractivity contribution is 6.02. The van der Waals surface area contributed by atoms with Gasteiger partial charge in [-0.1, -0.05) is 62.4 Å². The van der Waals surface area contributed by atoms with E-state index in [0.29, 0.717) is 12.3 Å². The molecule has 1 unspecified atom stereocenters. The van der Waals surface area contributed by atoms with E-state index in [-0.39, 0.29) is 18.4 Å². The molecule has 0 radical (unpaired) electrons. The zero-order chi connectivity index (χ0) is 16.0. The molecule has 0 heterocycles. The van der Waals surface area contributed by atoms with Crippen LogP contribution in [0.5, 0.6) is 0 Å². The minimum absolute atomic E-state index is 0.0869. The second kappa shape index (κ2) is 7.57. The van der Waals surface area contributed by atoms with Crippen LogP contribution in [0.2, 0.25) is 0 Å². The molecule has 0 amide bonds. The van der Waals surface area contributed by atoms with Crippen LogP contribution >= 0.6 is 0 Å². The van der Waals surface area contributed by atoms with Crippen LogP contribution in [0, 0.1) is 11.3 Å². The first kappa shape index (κ1) is 16.7. The van der Waals surface area contributed by atoms with Crippen molar-refractivity contribution in [2.45, 2.75) is 59.0 Å². The van der Waals surface area contributed by atoms with Crippen LogP contribution in [0.15, 0.2) is 30.3 Å². The highest BCUT2D eigenvalue weighted by Crippen LogP contribution is 2.36. The molecule has 2 rings (SSSR count). The van der Waals surface area contributed by atoms with E-state index in [0.717, 1.165) is 18.4 Å². The molecule has 1 fully saturated rings. The minimum Gasteiger partial charge on any atom is -0.460 e. The molecular formula is C19H26O3. The molecule has 0 aliphatic heterocycles. The summed E-state index contributed by atoms with van der Waals surface area (Å²) in [5.74, 6) is -0.00233. The molecule has 1 atom stereocenters. The van der Waals surface area contributed by atoms with Gasteiger partial charge in [-0.2, -0.15) is 0 Å². The Morgan fingerprint density at radius 1 is 1.14 bits per heavy atom. The van der Waals surface area contributed by atoms with Gasteiger partial charge in [0.2, 0.25) is 0 Å². The minimum atomic E-state index is -1.00. The maximum atomic E-state index is 12.5. The van der Waals surface area contributed by atoms with Crippen molar-refractivity contribution in [3.05, 3.63) is 35.9 Å². The van der Waals surface area contributed by atoms with Crippen molar-refractivity contribution in [2.24, 2.45) is 11.3 Å². The monoisotopic (exact) mass is 302 g/mol. The fourth-order valence-corrected chi connectivity index (χ4v) is 3.22. The molecule has 1 aromatic carbocycles.